The van der Waals surface area contributed by atoms with Gasteiger partial charge in [-0.15, -0.1) is 12.4 Å². The lowest BCUT2D eigenvalue weighted by Crippen LogP contribution is -2.37. The van der Waals surface area contributed by atoms with Crippen LogP contribution in [0.2, 0.25) is 0 Å². The SMILES string of the molecule is Cl.O=C(NCC1CCNCC1)Nc1cnn(Cc2cccc(F)c2)c1. The van der Waals surface area contributed by atoms with Crippen molar-refractivity contribution >= 4 is 24.1 Å². The van der Waals surface area contributed by atoms with Crippen LogP contribution in [0.1, 0.15) is 18.4 Å². The molecule has 0 saturated carbocycles. The van der Waals surface area contributed by atoms with E-state index >= 15 is 0 Å². The molecular formula is C17H23ClFN5O. The number of nitrogens with zero attached hydrogens (tertiary/aromatic N) is 2. The van der Waals surface area contributed by atoms with Gasteiger partial charge < -0.3 is 16.0 Å². The maximum absolute atomic E-state index is 13.2. The summed E-state index contributed by atoms with van der Waals surface area (Å²) in [6, 6.07) is 6.16. The van der Waals surface area contributed by atoms with Crippen LogP contribution in [0.5, 0.6) is 0 Å². The molecule has 6 nitrogen and oxygen atoms in total. The summed E-state index contributed by atoms with van der Waals surface area (Å²) in [5, 5.41) is 13.2. The molecule has 2 heterocycles. The molecule has 0 atom stereocenters. The Morgan fingerprint density at radius 3 is 2.92 bits per heavy atom. The van der Waals surface area contributed by atoms with Crippen molar-refractivity contribution in [2.45, 2.75) is 19.4 Å². The molecule has 0 spiro atoms. The third-order valence-electron chi connectivity index (χ3n) is 4.13. The van der Waals surface area contributed by atoms with Crippen molar-refractivity contribution in [2.75, 3.05) is 25.0 Å². The lowest BCUT2D eigenvalue weighted by Gasteiger charge is -2.22. The van der Waals surface area contributed by atoms with Crippen LogP contribution >= 0.6 is 12.4 Å². The summed E-state index contributed by atoms with van der Waals surface area (Å²) in [6.07, 6.45) is 5.50. The molecule has 3 rings (SSSR count). The highest BCUT2D eigenvalue weighted by Gasteiger charge is 2.14. The highest BCUT2D eigenvalue weighted by Crippen LogP contribution is 2.11. The van der Waals surface area contributed by atoms with Crippen LogP contribution in [0.25, 0.3) is 0 Å². The first-order chi connectivity index (χ1) is 11.7. The summed E-state index contributed by atoms with van der Waals surface area (Å²) >= 11 is 0. The van der Waals surface area contributed by atoms with E-state index < -0.39 is 0 Å². The van der Waals surface area contributed by atoms with Crippen LogP contribution in [0.4, 0.5) is 14.9 Å². The molecular weight excluding hydrogens is 345 g/mol. The maximum Gasteiger partial charge on any atom is 0.319 e. The van der Waals surface area contributed by atoms with E-state index in [4.69, 9.17) is 0 Å². The fourth-order valence-electron chi connectivity index (χ4n) is 2.84. The number of hydrogen-bond donors (Lipinski definition) is 3. The van der Waals surface area contributed by atoms with Gasteiger partial charge in [0.15, 0.2) is 0 Å². The summed E-state index contributed by atoms with van der Waals surface area (Å²) < 4.78 is 14.9. The van der Waals surface area contributed by atoms with Gasteiger partial charge in [-0.25, -0.2) is 9.18 Å². The predicted molar refractivity (Wildman–Crippen MR) is 97.6 cm³/mol. The molecule has 1 aliphatic rings. The number of hydrogen-bond acceptors (Lipinski definition) is 3. The first-order valence-corrected chi connectivity index (χ1v) is 8.21. The number of anilines is 1. The number of benzene rings is 1. The minimum atomic E-state index is -0.268. The fraction of sp³-hybridized carbons (Fsp3) is 0.412. The predicted octanol–water partition coefficient (Wildman–Crippen LogP) is 2.61. The van der Waals surface area contributed by atoms with Crippen LogP contribution in [-0.4, -0.2) is 35.4 Å². The maximum atomic E-state index is 13.2. The van der Waals surface area contributed by atoms with Gasteiger partial charge in [0.1, 0.15) is 5.82 Å². The van der Waals surface area contributed by atoms with Gasteiger partial charge in [-0.1, -0.05) is 12.1 Å². The molecule has 1 aromatic carbocycles. The Kier molecular flexibility index (Phi) is 7.21. The number of nitrogens with one attached hydrogen (secondary N) is 3. The van der Waals surface area contributed by atoms with Crippen molar-refractivity contribution in [3.05, 3.63) is 48.0 Å². The molecule has 1 aromatic heterocycles. The first kappa shape index (κ1) is 19.2. The molecule has 25 heavy (non-hydrogen) atoms. The number of carbonyl (C=O) groups excluding carboxylic acids is 1. The monoisotopic (exact) mass is 367 g/mol. The van der Waals surface area contributed by atoms with Gasteiger partial charge in [0.2, 0.25) is 0 Å². The van der Waals surface area contributed by atoms with E-state index in [1.165, 1.54) is 12.1 Å². The average Bonchev–Trinajstić information content (AvgIpc) is 3.01. The number of urea groups is 1. The molecule has 1 saturated heterocycles. The summed E-state index contributed by atoms with van der Waals surface area (Å²) in [4.78, 5) is 11.9. The third kappa shape index (κ3) is 6.03. The number of amides is 2. The molecule has 2 aromatic rings. The Morgan fingerprint density at radius 2 is 2.16 bits per heavy atom. The summed E-state index contributed by atoms with van der Waals surface area (Å²) in [5.41, 5.74) is 1.44. The Balaban J connectivity index is 0.00000225. The minimum Gasteiger partial charge on any atom is -0.338 e. The lowest BCUT2D eigenvalue weighted by atomic mass is 9.98. The molecule has 0 unspecified atom stereocenters. The molecule has 0 aliphatic carbocycles. The normalized spacial score (nSPS) is 14.6. The van der Waals surface area contributed by atoms with Crippen molar-refractivity contribution in [1.29, 1.82) is 0 Å². The van der Waals surface area contributed by atoms with Crippen LogP contribution in [0, 0.1) is 11.7 Å². The van der Waals surface area contributed by atoms with Crippen LogP contribution in [-0.2, 0) is 6.54 Å². The molecule has 1 fully saturated rings. The number of aromatic nitrogens is 2. The second kappa shape index (κ2) is 9.39. The Bertz CT molecular complexity index is 687. The first-order valence-electron chi connectivity index (χ1n) is 8.21. The molecule has 0 bridgehead atoms. The second-order valence-corrected chi connectivity index (χ2v) is 6.08. The van der Waals surface area contributed by atoms with Gasteiger partial charge in [-0.05, 0) is 49.5 Å². The van der Waals surface area contributed by atoms with Crippen molar-refractivity contribution in [3.8, 4) is 0 Å². The molecule has 0 radical (unpaired) electrons. The van der Waals surface area contributed by atoms with Crippen molar-refractivity contribution < 1.29 is 9.18 Å². The van der Waals surface area contributed by atoms with E-state index in [2.05, 4.69) is 21.0 Å². The molecule has 3 N–H and O–H groups in total. The van der Waals surface area contributed by atoms with Gasteiger partial charge in [-0.3, -0.25) is 4.68 Å². The van der Waals surface area contributed by atoms with E-state index in [0.29, 0.717) is 24.7 Å². The number of carbonyl (C=O) groups is 1. The number of piperidine rings is 1. The number of halogens is 2. The van der Waals surface area contributed by atoms with Crippen molar-refractivity contribution in [1.82, 2.24) is 20.4 Å². The average molecular weight is 368 g/mol. The van der Waals surface area contributed by atoms with Crippen molar-refractivity contribution in [2.24, 2.45) is 5.92 Å². The van der Waals surface area contributed by atoms with E-state index in [0.717, 1.165) is 31.5 Å². The zero-order chi connectivity index (χ0) is 16.8. The highest BCUT2D eigenvalue weighted by molar-refractivity contribution is 5.88. The minimum absolute atomic E-state index is 0. The Hall–Kier alpha value is -2.12. The highest BCUT2D eigenvalue weighted by atomic mass is 35.5. The van der Waals surface area contributed by atoms with Gasteiger partial charge in [0, 0.05) is 12.7 Å². The fourth-order valence-corrected chi connectivity index (χ4v) is 2.84. The Labute approximate surface area is 152 Å². The van der Waals surface area contributed by atoms with E-state index in [1.807, 2.05) is 6.07 Å². The molecule has 2 amide bonds. The van der Waals surface area contributed by atoms with E-state index in [1.54, 1.807) is 23.1 Å². The smallest absolute Gasteiger partial charge is 0.319 e. The van der Waals surface area contributed by atoms with E-state index in [-0.39, 0.29) is 24.3 Å². The Morgan fingerprint density at radius 1 is 1.36 bits per heavy atom. The summed E-state index contributed by atoms with van der Waals surface area (Å²) in [7, 11) is 0. The quantitative estimate of drug-likeness (QED) is 0.760. The summed E-state index contributed by atoms with van der Waals surface area (Å²) in [6.45, 7) is 3.17. The third-order valence-corrected chi connectivity index (χ3v) is 4.13. The van der Waals surface area contributed by atoms with Gasteiger partial charge in [0.05, 0.1) is 18.4 Å². The molecule has 8 heteroatoms. The van der Waals surface area contributed by atoms with Crippen LogP contribution in [0.15, 0.2) is 36.7 Å². The molecule has 136 valence electrons. The molecule has 1 aliphatic heterocycles. The van der Waals surface area contributed by atoms with Gasteiger partial charge in [-0.2, -0.15) is 5.10 Å². The topological polar surface area (TPSA) is 71.0 Å². The zero-order valence-corrected chi connectivity index (χ0v) is 14.7. The van der Waals surface area contributed by atoms with Gasteiger partial charge >= 0.3 is 6.03 Å². The van der Waals surface area contributed by atoms with E-state index in [9.17, 15) is 9.18 Å². The largest absolute Gasteiger partial charge is 0.338 e. The lowest BCUT2D eigenvalue weighted by molar-refractivity contribution is 0.248. The van der Waals surface area contributed by atoms with Gasteiger partial charge in [0.25, 0.3) is 0 Å². The summed E-state index contributed by atoms with van der Waals surface area (Å²) in [5.74, 6) is 0.267. The zero-order valence-electron chi connectivity index (χ0n) is 13.9. The number of rotatable bonds is 5. The second-order valence-electron chi connectivity index (χ2n) is 6.08. The van der Waals surface area contributed by atoms with Crippen molar-refractivity contribution in [3.63, 3.8) is 0 Å². The van der Waals surface area contributed by atoms with Crippen LogP contribution < -0.4 is 16.0 Å². The standard InChI is InChI=1S/C17H22FN5O.ClH/c18-15-3-1-2-14(8-15)11-23-12-16(10-21-23)22-17(24)20-9-13-4-6-19-7-5-13;/h1-3,8,10,12-13,19H,4-7,9,11H2,(H2,20,22,24);1H. The van der Waals surface area contributed by atoms with Crippen LogP contribution in [0.3, 0.4) is 0 Å².